The molecule has 1 fully saturated rings. The number of aryl methyl sites for hydroxylation is 1. The van der Waals surface area contributed by atoms with E-state index in [1.807, 2.05) is 24.3 Å². The topological polar surface area (TPSA) is 75.6 Å². The van der Waals surface area contributed by atoms with Gasteiger partial charge in [0.15, 0.2) is 0 Å². The lowest BCUT2D eigenvalue weighted by molar-refractivity contribution is -0.144. The number of carbonyl (C=O) groups excluding carboxylic acids is 1. The first kappa shape index (κ1) is 17.5. The SMILES string of the molecule is CCc1ccc(CC(=O)NCC(C(=O)O)C2CCOCC2)cc1. The third-order valence-electron chi connectivity index (χ3n) is 4.47. The van der Waals surface area contributed by atoms with Crippen molar-refractivity contribution in [3.63, 3.8) is 0 Å². The molecule has 5 nitrogen and oxygen atoms in total. The third-order valence-corrected chi connectivity index (χ3v) is 4.47. The first-order chi connectivity index (χ1) is 11.1. The van der Waals surface area contributed by atoms with Crippen LogP contribution in [0.15, 0.2) is 24.3 Å². The average molecular weight is 319 g/mol. The molecule has 1 amide bonds. The molecule has 0 bridgehead atoms. The predicted octanol–water partition coefficient (Wildman–Crippen LogP) is 2.04. The van der Waals surface area contributed by atoms with Gasteiger partial charge in [0.2, 0.25) is 5.91 Å². The summed E-state index contributed by atoms with van der Waals surface area (Å²) in [4.78, 5) is 23.5. The van der Waals surface area contributed by atoms with E-state index in [-0.39, 0.29) is 24.8 Å². The lowest BCUT2D eigenvalue weighted by Gasteiger charge is -2.27. The molecule has 0 radical (unpaired) electrons. The van der Waals surface area contributed by atoms with Crippen LogP contribution in [-0.2, 0) is 27.2 Å². The molecule has 1 unspecified atom stereocenters. The minimum Gasteiger partial charge on any atom is -0.481 e. The number of ether oxygens (including phenoxy) is 1. The summed E-state index contributed by atoms with van der Waals surface area (Å²) < 4.78 is 5.27. The van der Waals surface area contributed by atoms with Crippen LogP contribution in [0.3, 0.4) is 0 Å². The van der Waals surface area contributed by atoms with Gasteiger partial charge in [0.25, 0.3) is 0 Å². The Balaban J connectivity index is 1.84. The van der Waals surface area contributed by atoms with Gasteiger partial charge >= 0.3 is 5.97 Å². The Morgan fingerprint density at radius 3 is 2.39 bits per heavy atom. The Morgan fingerprint density at radius 2 is 1.83 bits per heavy atom. The van der Waals surface area contributed by atoms with Gasteiger partial charge in [0.1, 0.15) is 0 Å². The molecule has 2 N–H and O–H groups in total. The van der Waals surface area contributed by atoms with Crippen LogP contribution >= 0.6 is 0 Å². The minimum absolute atomic E-state index is 0.0744. The van der Waals surface area contributed by atoms with E-state index in [4.69, 9.17) is 4.74 Å². The van der Waals surface area contributed by atoms with Crippen molar-refractivity contribution in [3.05, 3.63) is 35.4 Å². The Hall–Kier alpha value is -1.88. The van der Waals surface area contributed by atoms with Crippen LogP contribution in [-0.4, -0.2) is 36.7 Å². The Kier molecular flexibility index (Phi) is 6.59. The number of amides is 1. The fourth-order valence-electron chi connectivity index (χ4n) is 2.94. The van der Waals surface area contributed by atoms with Crippen molar-refractivity contribution < 1.29 is 19.4 Å². The normalized spacial score (nSPS) is 16.7. The summed E-state index contributed by atoms with van der Waals surface area (Å²) in [5, 5.41) is 12.2. The molecule has 0 spiro atoms. The van der Waals surface area contributed by atoms with Crippen LogP contribution in [0.5, 0.6) is 0 Å². The number of aliphatic carboxylic acids is 1. The summed E-state index contributed by atoms with van der Waals surface area (Å²) in [5.41, 5.74) is 2.18. The monoisotopic (exact) mass is 319 g/mol. The number of hydrogen-bond acceptors (Lipinski definition) is 3. The number of carbonyl (C=O) groups is 2. The van der Waals surface area contributed by atoms with Gasteiger partial charge in [-0.25, -0.2) is 0 Å². The van der Waals surface area contributed by atoms with E-state index in [0.717, 1.165) is 24.8 Å². The summed E-state index contributed by atoms with van der Waals surface area (Å²) in [7, 11) is 0. The Morgan fingerprint density at radius 1 is 1.22 bits per heavy atom. The van der Waals surface area contributed by atoms with E-state index in [2.05, 4.69) is 12.2 Å². The van der Waals surface area contributed by atoms with Crippen LogP contribution in [0.2, 0.25) is 0 Å². The van der Waals surface area contributed by atoms with Crippen molar-refractivity contribution >= 4 is 11.9 Å². The second-order valence-corrected chi connectivity index (χ2v) is 6.05. The van der Waals surface area contributed by atoms with Crippen LogP contribution in [0.4, 0.5) is 0 Å². The molecule has 1 aromatic carbocycles. The van der Waals surface area contributed by atoms with E-state index < -0.39 is 11.9 Å². The molecule has 126 valence electrons. The second-order valence-electron chi connectivity index (χ2n) is 6.05. The highest BCUT2D eigenvalue weighted by molar-refractivity contribution is 5.79. The molecular weight excluding hydrogens is 294 g/mol. The predicted molar refractivity (Wildman–Crippen MR) is 87.2 cm³/mol. The average Bonchev–Trinajstić information content (AvgIpc) is 2.56. The number of nitrogens with one attached hydrogen (secondary N) is 1. The van der Waals surface area contributed by atoms with Gasteiger partial charge < -0.3 is 15.2 Å². The van der Waals surface area contributed by atoms with Crippen LogP contribution in [0, 0.1) is 11.8 Å². The first-order valence-corrected chi connectivity index (χ1v) is 8.25. The highest BCUT2D eigenvalue weighted by atomic mass is 16.5. The maximum atomic E-state index is 12.0. The summed E-state index contributed by atoms with van der Waals surface area (Å²) >= 11 is 0. The number of carboxylic acid groups (broad SMARTS) is 1. The molecular formula is C18H25NO4. The lowest BCUT2D eigenvalue weighted by atomic mass is 9.86. The van der Waals surface area contributed by atoms with Gasteiger partial charge in [-0.05, 0) is 36.3 Å². The molecule has 1 saturated heterocycles. The Bertz CT molecular complexity index is 520. The lowest BCUT2D eigenvalue weighted by Crippen LogP contribution is -2.39. The molecule has 1 aliphatic rings. The highest BCUT2D eigenvalue weighted by Gasteiger charge is 2.29. The van der Waals surface area contributed by atoms with Crippen LogP contribution < -0.4 is 5.32 Å². The van der Waals surface area contributed by atoms with E-state index in [0.29, 0.717) is 13.2 Å². The van der Waals surface area contributed by atoms with Crippen molar-refractivity contribution in [2.45, 2.75) is 32.6 Å². The fourth-order valence-corrected chi connectivity index (χ4v) is 2.94. The molecule has 0 aliphatic carbocycles. The van der Waals surface area contributed by atoms with Gasteiger partial charge in [-0.1, -0.05) is 31.2 Å². The number of hydrogen-bond donors (Lipinski definition) is 2. The number of benzene rings is 1. The number of carboxylic acids is 1. The zero-order valence-electron chi connectivity index (χ0n) is 13.6. The molecule has 0 aromatic heterocycles. The fraction of sp³-hybridized carbons (Fsp3) is 0.556. The summed E-state index contributed by atoms with van der Waals surface area (Å²) in [6.07, 6.45) is 2.73. The van der Waals surface area contributed by atoms with Crippen molar-refractivity contribution in [2.24, 2.45) is 11.8 Å². The highest BCUT2D eigenvalue weighted by Crippen LogP contribution is 2.23. The molecule has 0 saturated carbocycles. The molecule has 1 aromatic rings. The zero-order valence-corrected chi connectivity index (χ0v) is 13.6. The number of rotatable bonds is 7. The maximum absolute atomic E-state index is 12.0. The standard InChI is InChI=1S/C18H25NO4/c1-2-13-3-5-14(6-4-13)11-17(20)19-12-16(18(21)22)15-7-9-23-10-8-15/h3-6,15-16H,2,7-12H2,1H3,(H,19,20)(H,21,22). The van der Waals surface area contributed by atoms with Crippen molar-refractivity contribution in [2.75, 3.05) is 19.8 Å². The molecule has 1 aliphatic heterocycles. The largest absolute Gasteiger partial charge is 0.481 e. The third kappa shape index (κ3) is 5.36. The van der Waals surface area contributed by atoms with E-state index in [1.165, 1.54) is 5.56 Å². The van der Waals surface area contributed by atoms with E-state index >= 15 is 0 Å². The van der Waals surface area contributed by atoms with Gasteiger partial charge in [0, 0.05) is 19.8 Å². The van der Waals surface area contributed by atoms with Crippen molar-refractivity contribution in [1.29, 1.82) is 0 Å². The molecule has 2 rings (SSSR count). The zero-order chi connectivity index (χ0) is 16.7. The van der Waals surface area contributed by atoms with Gasteiger partial charge in [0.05, 0.1) is 12.3 Å². The van der Waals surface area contributed by atoms with Crippen molar-refractivity contribution in [3.8, 4) is 0 Å². The smallest absolute Gasteiger partial charge is 0.308 e. The summed E-state index contributed by atoms with van der Waals surface area (Å²) in [6.45, 7) is 3.48. The molecule has 1 atom stereocenters. The van der Waals surface area contributed by atoms with Crippen molar-refractivity contribution in [1.82, 2.24) is 5.32 Å². The minimum atomic E-state index is -0.843. The molecule has 1 heterocycles. The Labute approximate surface area is 137 Å². The molecule has 5 heteroatoms. The van der Waals surface area contributed by atoms with Crippen LogP contribution in [0.25, 0.3) is 0 Å². The maximum Gasteiger partial charge on any atom is 0.308 e. The molecule has 23 heavy (non-hydrogen) atoms. The van der Waals surface area contributed by atoms with E-state index in [1.54, 1.807) is 0 Å². The van der Waals surface area contributed by atoms with Crippen LogP contribution in [0.1, 0.15) is 30.9 Å². The first-order valence-electron chi connectivity index (χ1n) is 8.25. The van der Waals surface area contributed by atoms with Gasteiger partial charge in [-0.15, -0.1) is 0 Å². The van der Waals surface area contributed by atoms with E-state index in [9.17, 15) is 14.7 Å². The summed E-state index contributed by atoms with van der Waals surface area (Å²) in [6, 6.07) is 7.94. The van der Waals surface area contributed by atoms with Gasteiger partial charge in [-0.3, -0.25) is 9.59 Å². The summed E-state index contributed by atoms with van der Waals surface area (Å²) in [5.74, 6) is -1.44. The van der Waals surface area contributed by atoms with Gasteiger partial charge in [-0.2, -0.15) is 0 Å². The quantitative estimate of drug-likeness (QED) is 0.806. The second kappa shape index (κ2) is 8.67.